The van der Waals surface area contributed by atoms with E-state index in [-0.39, 0.29) is 23.3 Å². The smallest absolute Gasteiger partial charge is 0.250 e. The highest BCUT2D eigenvalue weighted by molar-refractivity contribution is 7.91. The van der Waals surface area contributed by atoms with E-state index in [1.165, 1.54) is 6.07 Å². The molecule has 0 unspecified atom stereocenters. The molecular weight excluding hydrogens is 290 g/mol. The molecular formula is C10H13N3O4S2. The van der Waals surface area contributed by atoms with Crippen LogP contribution in [-0.4, -0.2) is 23.7 Å². The molecule has 0 aliphatic carbocycles. The normalized spacial score (nSPS) is 11.9. The Morgan fingerprint density at radius 3 is 2.74 bits per heavy atom. The first-order valence-electron chi connectivity index (χ1n) is 5.41. The lowest BCUT2D eigenvalue weighted by Gasteiger charge is -2.00. The van der Waals surface area contributed by atoms with Crippen molar-refractivity contribution in [3.8, 4) is 0 Å². The molecule has 7 nitrogen and oxygen atoms in total. The number of nitrogens with zero attached hydrogens (tertiary/aromatic N) is 2. The third-order valence-corrected chi connectivity index (χ3v) is 5.49. The van der Waals surface area contributed by atoms with Crippen molar-refractivity contribution in [3.63, 3.8) is 0 Å². The van der Waals surface area contributed by atoms with Crippen molar-refractivity contribution in [3.05, 3.63) is 28.2 Å². The molecule has 104 valence electrons. The fourth-order valence-electron chi connectivity index (χ4n) is 1.42. The van der Waals surface area contributed by atoms with E-state index in [2.05, 4.69) is 14.9 Å². The summed E-state index contributed by atoms with van der Waals surface area (Å²) in [5.41, 5.74) is 0.751. The number of sulfonamides is 1. The highest BCUT2D eigenvalue weighted by atomic mass is 32.2. The SMILES string of the molecule is Cc1noc(CNS(=O)(=O)c2cc(C)c(CO)s2)n1. The van der Waals surface area contributed by atoms with Crippen LogP contribution in [0, 0.1) is 13.8 Å². The summed E-state index contributed by atoms with van der Waals surface area (Å²) in [6, 6.07) is 1.53. The van der Waals surface area contributed by atoms with Crippen LogP contribution >= 0.6 is 11.3 Å². The Morgan fingerprint density at radius 1 is 1.47 bits per heavy atom. The number of nitrogens with one attached hydrogen (secondary N) is 1. The molecule has 0 aliphatic rings. The highest BCUT2D eigenvalue weighted by Crippen LogP contribution is 2.25. The Balaban J connectivity index is 2.13. The second kappa shape index (κ2) is 5.37. The largest absolute Gasteiger partial charge is 0.391 e. The molecule has 0 saturated carbocycles. The Hall–Kier alpha value is -1.29. The standard InChI is InChI=1S/C10H13N3O4S2/c1-6-3-10(18-8(6)5-14)19(15,16)11-4-9-12-7(2)13-17-9/h3,11,14H,4-5H2,1-2H3. The molecule has 2 aromatic rings. The van der Waals surface area contributed by atoms with Crippen LogP contribution < -0.4 is 4.72 Å². The van der Waals surface area contributed by atoms with E-state index in [4.69, 9.17) is 9.63 Å². The summed E-state index contributed by atoms with van der Waals surface area (Å²) in [5.74, 6) is 0.653. The monoisotopic (exact) mass is 303 g/mol. The van der Waals surface area contributed by atoms with Gasteiger partial charge in [-0.25, -0.2) is 13.1 Å². The van der Waals surface area contributed by atoms with Gasteiger partial charge >= 0.3 is 0 Å². The predicted octanol–water partition coefficient (Wildman–Crippen LogP) is 0.719. The van der Waals surface area contributed by atoms with E-state index in [0.29, 0.717) is 10.7 Å². The maximum absolute atomic E-state index is 12.0. The lowest BCUT2D eigenvalue weighted by Crippen LogP contribution is -2.22. The summed E-state index contributed by atoms with van der Waals surface area (Å²) in [6.45, 7) is 3.17. The Bertz CT molecular complexity index is 675. The van der Waals surface area contributed by atoms with Crippen molar-refractivity contribution in [2.45, 2.75) is 31.2 Å². The number of aliphatic hydroxyl groups excluding tert-OH is 1. The van der Waals surface area contributed by atoms with E-state index in [1.54, 1.807) is 13.8 Å². The van der Waals surface area contributed by atoms with E-state index in [0.717, 1.165) is 16.9 Å². The minimum Gasteiger partial charge on any atom is -0.391 e. The van der Waals surface area contributed by atoms with Crippen LogP contribution in [0.3, 0.4) is 0 Å². The molecule has 0 saturated heterocycles. The van der Waals surface area contributed by atoms with Crippen LogP contribution in [-0.2, 0) is 23.2 Å². The fraction of sp³-hybridized carbons (Fsp3) is 0.400. The fourth-order valence-corrected chi connectivity index (χ4v) is 3.89. The summed E-state index contributed by atoms with van der Waals surface area (Å²) < 4.78 is 31.4. The van der Waals surface area contributed by atoms with Gasteiger partial charge in [0.05, 0.1) is 13.2 Å². The summed E-state index contributed by atoms with van der Waals surface area (Å²) in [6.07, 6.45) is 0. The third kappa shape index (κ3) is 3.18. The van der Waals surface area contributed by atoms with Gasteiger partial charge in [-0.05, 0) is 25.5 Å². The van der Waals surface area contributed by atoms with Gasteiger partial charge in [0.15, 0.2) is 5.82 Å². The number of hydrogen-bond acceptors (Lipinski definition) is 7. The van der Waals surface area contributed by atoms with Crippen LogP contribution in [0.5, 0.6) is 0 Å². The van der Waals surface area contributed by atoms with Gasteiger partial charge in [0.1, 0.15) is 4.21 Å². The van der Waals surface area contributed by atoms with Crippen LogP contribution in [0.25, 0.3) is 0 Å². The lowest BCUT2D eigenvalue weighted by molar-refractivity contribution is 0.285. The zero-order valence-corrected chi connectivity index (χ0v) is 12.0. The summed E-state index contributed by atoms with van der Waals surface area (Å²) in [4.78, 5) is 4.54. The van der Waals surface area contributed by atoms with Crippen molar-refractivity contribution in [2.75, 3.05) is 0 Å². The van der Waals surface area contributed by atoms with E-state index in [1.807, 2.05) is 0 Å². The lowest BCUT2D eigenvalue weighted by atomic mass is 10.3. The number of thiophene rings is 1. The first-order valence-corrected chi connectivity index (χ1v) is 7.71. The summed E-state index contributed by atoms with van der Waals surface area (Å²) >= 11 is 1.04. The van der Waals surface area contributed by atoms with Gasteiger partial charge in [-0.1, -0.05) is 5.16 Å². The maximum atomic E-state index is 12.0. The molecule has 0 spiro atoms. The summed E-state index contributed by atoms with van der Waals surface area (Å²) in [5, 5.41) is 12.6. The van der Waals surface area contributed by atoms with Crippen molar-refractivity contribution in [1.29, 1.82) is 0 Å². The van der Waals surface area contributed by atoms with Crippen LogP contribution in [0.15, 0.2) is 14.8 Å². The molecule has 0 fully saturated rings. The first kappa shape index (κ1) is 14.1. The minimum atomic E-state index is -3.63. The van der Waals surface area contributed by atoms with Gasteiger partial charge in [-0.3, -0.25) is 0 Å². The third-order valence-electron chi connectivity index (χ3n) is 2.39. The number of aromatic nitrogens is 2. The number of hydrogen-bond donors (Lipinski definition) is 2. The minimum absolute atomic E-state index is 0.0609. The molecule has 0 aliphatic heterocycles. The molecule has 0 atom stereocenters. The van der Waals surface area contributed by atoms with Crippen LogP contribution in [0.4, 0.5) is 0 Å². The Morgan fingerprint density at radius 2 is 2.21 bits per heavy atom. The topological polar surface area (TPSA) is 105 Å². The van der Waals surface area contributed by atoms with Crippen molar-refractivity contribution in [2.24, 2.45) is 0 Å². The zero-order chi connectivity index (χ0) is 14.0. The Labute approximate surface area is 114 Å². The second-order valence-corrected chi connectivity index (χ2v) is 7.02. The average molecular weight is 303 g/mol. The molecule has 0 aromatic carbocycles. The molecule has 0 amide bonds. The molecule has 9 heteroatoms. The summed E-state index contributed by atoms with van der Waals surface area (Å²) in [7, 11) is -3.63. The number of rotatable bonds is 5. The van der Waals surface area contributed by atoms with E-state index in [9.17, 15) is 8.42 Å². The quantitative estimate of drug-likeness (QED) is 0.843. The number of aryl methyl sites for hydroxylation is 2. The molecule has 2 heterocycles. The average Bonchev–Trinajstić information content (AvgIpc) is 2.93. The van der Waals surface area contributed by atoms with Crippen LogP contribution in [0.1, 0.15) is 22.2 Å². The number of aliphatic hydroxyl groups is 1. The molecule has 0 bridgehead atoms. The van der Waals surface area contributed by atoms with Crippen molar-refractivity contribution >= 4 is 21.4 Å². The zero-order valence-electron chi connectivity index (χ0n) is 10.4. The van der Waals surface area contributed by atoms with Gasteiger partial charge in [-0.2, -0.15) is 4.98 Å². The Kier molecular flexibility index (Phi) is 3.99. The second-order valence-electron chi connectivity index (χ2n) is 3.89. The van der Waals surface area contributed by atoms with Gasteiger partial charge in [0.25, 0.3) is 10.0 Å². The van der Waals surface area contributed by atoms with Gasteiger partial charge in [0, 0.05) is 4.88 Å². The van der Waals surface area contributed by atoms with Gasteiger partial charge in [-0.15, -0.1) is 11.3 Å². The van der Waals surface area contributed by atoms with Crippen LogP contribution in [0.2, 0.25) is 0 Å². The van der Waals surface area contributed by atoms with Gasteiger partial charge in [0.2, 0.25) is 5.89 Å². The highest BCUT2D eigenvalue weighted by Gasteiger charge is 2.19. The molecule has 19 heavy (non-hydrogen) atoms. The van der Waals surface area contributed by atoms with Crippen molar-refractivity contribution in [1.82, 2.24) is 14.9 Å². The van der Waals surface area contributed by atoms with Crippen molar-refractivity contribution < 1.29 is 18.0 Å². The van der Waals surface area contributed by atoms with Gasteiger partial charge < -0.3 is 9.63 Å². The molecule has 0 radical (unpaired) electrons. The predicted molar refractivity (Wildman–Crippen MR) is 68.0 cm³/mol. The van der Waals surface area contributed by atoms with E-state index >= 15 is 0 Å². The maximum Gasteiger partial charge on any atom is 0.250 e. The van der Waals surface area contributed by atoms with E-state index < -0.39 is 10.0 Å². The molecule has 2 aromatic heterocycles. The molecule has 2 N–H and O–H groups in total. The first-order chi connectivity index (χ1) is 8.92. The molecule has 2 rings (SSSR count).